The molecule has 28 heavy (non-hydrogen) atoms. The smallest absolute Gasteiger partial charge is 0.280 e. The zero-order chi connectivity index (χ0) is 19.8. The molecular formula is C19H15FN4O2S2. The van der Waals surface area contributed by atoms with E-state index in [9.17, 15) is 14.0 Å². The Morgan fingerprint density at radius 1 is 1.18 bits per heavy atom. The SMILES string of the molecule is Cc1ccc(-n2nc(C(=O)Nc3nc(C[18F])cs3)c3csc(C)c3c2=O)cc1. The van der Waals surface area contributed by atoms with Crippen molar-refractivity contribution in [1.29, 1.82) is 0 Å². The number of nitrogens with one attached hydrogen (secondary N) is 1. The van der Waals surface area contributed by atoms with Crippen LogP contribution in [-0.4, -0.2) is 20.7 Å². The van der Waals surface area contributed by atoms with Crippen molar-refractivity contribution in [1.82, 2.24) is 14.8 Å². The second-order valence-corrected chi connectivity index (χ2v) is 8.16. The summed E-state index contributed by atoms with van der Waals surface area (Å²) >= 11 is 2.52. The molecule has 0 atom stereocenters. The Bertz CT molecular complexity index is 1240. The Morgan fingerprint density at radius 3 is 2.61 bits per heavy atom. The minimum atomic E-state index is -0.698. The van der Waals surface area contributed by atoms with E-state index in [1.807, 2.05) is 26.0 Å². The standard InChI is InChI=1S/C19H15FN4O2S2/c1-10-3-5-13(6-4-10)24-18(26)15-11(2)27-9-14(15)16(23-24)17(25)22-19-21-12(7-20)8-28-19/h3-6,8-9H,7H2,1-2H3,(H,21,22,25)/i20-1. The quantitative estimate of drug-likeness (QED) is 0.543. The van der Waals surface area contributed by atoms with E-state index in [1.165, 1.54) is 16.0 Å². The van der Waals surface area contributed by atoms with Crippen LogP contribution in [-0.2, 0) is 6.67 Å². The van der Waals surface area contributed by atoms with Crippen molar-refractivity contribution in [2.75, 3.05) is 5.32 Å². The van der Waals surface area contributed by atoms with Gasteiger partial charge in [-0.1, -0.05) is 17.7 Å². The van der Waals surface area contributed by atoms with Crippen LogP contribution in [0.1, 0.15) is 26.6 Å². The molecule has 4 aromatic rings. The number of hydrogen-bond acceptors (Lipinski definition) is 6. The maximum atomic E-state index is 13.0. The van der Waals surface area contributed by atoms with Crippen LogP contribution in [0.2, 0.25) is 0 Å². The second kappa shape index (κ2) is 7.25. The van der Waals surface area contributed by atoms with Gasteiger partial charge in [0.1, 0.15) is 6.67 Å². The largest absolute Gasteiger partial charge is 0.296 e. The molecule has 0 bridgehead atoms. The molecule has 0 aliphatic rings. The predicted molar refractivity (Wildman–Crippen MR) is 110 cm³/mol. The molecule has 0 saturated heterocycles. The molecule has 1 aromatic carbocycles. The number of thiophene rings is 1. The average Bonchev–Trinajstić information content (AvgIpc) is 3.30. The molecule has 1 amide bonds. The number of carbonyl (C=O) groups excluding carboxylic acids is 1. The maximum absolute atomic E-state index is 13.0. The second-order valence-electron chi connectivity index (χ2n) is 6.21. The Labute approximate surface area is 167 Å². The van der Waals surface area contributed by atoms with E-state index in [2.05, 4.69) is 15.4 Å². The van der Waals surface area contributed by atoms with Crippen molar-refractivity contribution in [3.63, 3.8) is 0 Å². The van der Waals surface area contributed by atoms with E-state index < -0.39 is 12.6 Å². The minimum Gasteiger partial charge on any atom is -0.296 e. The number of anilines is 1. The molecule has 3 aromatic heterocycles. The first-order valence-corrected chi connectivity index (χ1v) is 10.1. The third-order valence-corrected chi connectivity index (χ3v) is 5.96. The Balaban J connectivity index is 1.85. The highest BCUT2D eigenvalue weighted by molar-refractivity contribution is 7.14. The Kier molecular flexibility index (Phi) is 4.78. The third-order valence-electron chi connectivity index (χ3n) is 4.24. The summed E-state index contributed by atoms with van der Waals surface area (Å²) in [6.07, 6.45) is 0. The Hall–Kier alpha value is -2.91. The molecule has 1 N–H and O–H groups in total. The van der Waals surface area contributed by atoms with Gasteiger partial charge in [0.15, 0.2) is 10.8 Å². The molecule has 0 aliphatic carbocycles. The number of thiazole rings is 1. The van der Waals surface area contributed by atoms with Gasteiger partial charge in [-0.05, 0) is 26.0 Å². The molecule has 0 spiro atoms. The summed E-state index contributed by atoms with van der Waals surface area (Å²) in [6, 6.07) is 7.32. The van der Waals surface area contributed by atoms with Crippen LogP contribution in [0.25, 0.3) is 16.5 Å². The van der Waals surface area contributed by atoms with Gasteiger partial charge in [-0.25, -0.2) is 9.37 Å². The zero-order valence-electron chi connectivity index (χ0n) is 15.0. The monoisotopic (exact) mass is 413 g/mol. The zero-order valence-corrected chi connectivity index (χ0v) is 16.7. The fraction of sp³-hybridized carbons (Fsp3) is 0.158. The van der Waals surface area contributed by atoms with Crippen molar-refractivity contribution in [3.05, 3.63) is 67.2 Å². The van der Waals surface area contributed by atoms with Crippen LogP contribution in [0.3, 0.4) is 0 Å². The summed E-state index contributed by atoms with van der Waals surface area (Å²) in [5.41, 5.74) is 1.73. The molecular weight excluding hydrogens is 398 g/mol. The van der Waals surface area contributed by atoms with Crippen molar-refractivity contribution < 1.29 is 9.18 Å². The van der Waals surface area contributed by atoms with Gasteiger partial charge in [0.05, 0.1) is 16.8 Å². The number of rotatable bonds is 4. The third kappa shape index (κ3) is 3.23. The highest BCUT2D eigenvalue weighted by Gasteiger charge is 2.21. The van der Waals surface area contributed by atoms with Gasteiger partial charge in [0.25, 0.3) is 11.5 Å². The van der Waals surface area contributed by atoms with Gasteiger partial charge >= 0.3 is 0 Å². The van der Waals surface area contributed by atoms with Crippen LogP contribution < -0.4 is 10.9 Å². The molecule has 0 fully saturated rings. The number of alkyl halides is 1. The van der Waals surface area contributed by atoms with E-state index in [0.717, 1.165) is 21.8 Å². The molecule has 4 rings (SSSR count). The molecule has 0 unspecified atom stereocenters. The van der Waals surface area contributed by atoms with E-state index in [1.54, 1.807) is 22.9 Å². The van der Waals surface area contributed by atoms with Crippen LogP contribution >= 0.6 is 22.7 Å². The topological polar surface area (TPSA) is 76.9 Å². The van der Waals surface area contributed by atoms with Crippen LogP contribution in [0, 0.1) is 13.8 Å². The molecule has 0 radical (unpaired) electrons. The maximum Gasteiger partial charge on any atom is 0.280 e. The number of amides is 1. The number of aromatic nitrogens is 3. The number of nitrogens with zero attached hydrogens (tertiary/aromatic N) is 3. The van der Waals surface area contributed by atoms with Crippen molar-refractivity contribution in [3.8, 4) is 5.69 Å². The Morgan fingerprint density at radius 2 is 1.93 bits per heavy atom. The number of fused-ring (bicyclic) bond motifs is 1. The average molecular weight is 413 g/mol. The number of benzene rings is 1. The van der Waals surface area contributed by atoms with Gasteiger partial charge < -0.3 is 0 Å². The lowest BCUT2D eigenvalue weighted by Crippen LogP contribution is -2.26. The van der Waals surface area contributed by atoms with Crippen molar-refractivity contribution in [2.45, 2.75) is 20.5 Å². The summed E-state index contributed by atoms with van der Waals surface area (Å²) in [5.74, 6) is -0.497. The number of hydrogen-bond donors (Lipinski definition) is 1. The molecule has 3 heterocycles. The summed E-state index contributed by atoms with van der Waals surface area (Å²) < 4.78 is 13.9. The summed E-state index contributed by atoms with van der Waals surface area (Å²) in [5, 5.41) is 11.5. The molecule has 9 heteroatoms. The number of aryl methyl sites for hydroxylation is 2. The van der Waals surface area contributed by atoms with Gasteiger partial charge in [0.2, 0.25) is 0 Å². The number of carbonyl (C=O) groups is 1. The predicted octanol–water partition coefficient (Wildman–Crippen LogP) is 4.24. The fourth-order valence-electron chi connectivity index (χ4n) is 2.81. The first kappa shape index (κ1) is 18.5. The van der Waals surface area contributed by atoms with E-state index >= 15 is 0 Å². The van der Waals surface area contributed by atoms with E-state index in [4.69, 9.17) is 0 Å². The van der Waals surface area contributed by atoms with Gasteiger partial charge in [-0.2, -0.15) is 9.78 Å². The summed E-state index contributed by atoms with van der Waals surface area (Å²) in [7, 11) is 0. The summed E-state index contributed by atoms with van der Waals surface area (Å²) in [4.78, 5) is 30.7. The van der Waals surface area contributed by atoms with Gasteiger partial charge in [-0.3, -0.25) is 14.9 Å². The van der Waals surface area contributed by atoms with Crippen LogP contribution in [0.15, 0.2) is 39.8 Å². The normalized spacial score (nSPS) is 11.1. The summed E-state index contributed by atoms with van der Waals surface area (Å²) in [6.45, 7) is 3.09. The lowest BCUT2D eigenvalue weighted by atomic mass is 10.2. The molecule has 0 saturated carbocycles. The highest BCUT2D eigenvalue weighted by Crippen LogP contribution is 2.26. The minimum absolute atomic E-state index is 0.122. The van der Waals surface area contributed by atoms with Gasteiger partial charge in [0, 0.05) is 21.0 Å². The van der Waals surface area contributed by atoms with E-state index in [-0.39, 0.29) is 22.1 Å². The molecule has 6 nitrogen and oxygen atoms in total. The van der Waals surface area contributed by atoms with Crippen molar-refractivity contribution in [2.24, 2.45) is 0 Å². The lowest BCUT2D eigenvalue weighted by molar-refractivity contribution is 0.102. The first-order valence-electron chi connectivity index (χ1n) is 8.38. The van der Waals surface area contributed by atoms with Crippen LogP contribution in [0.4, 0.5) is 9.52 Å². The lowest BCUT2D eigenvalue weighted by Gasteiger charge is -2.09. The fourth-order valence-corrected chi connectivity index (χ4v) is 4.33. The highest BCUT2D eigenvalue weighted by atomic mass is 32.1. The van der Waals surface area contributed by atoms with E-state index in [0.29, 0.717) is 16.5 Å². The van der Waals surface area contributed by atoms with Crippen molar-refractivity contribution >= 4 is 44.5 Å². The molecule has 142 valence electrons. The van der Waals surface area contributed by atoms with Crippen LogP contribution in [0.5, 0.6) is 0 Å². The number of halogens is 1. The molecule has 0 aliphatic heterocycles. The first-order chi connectivity index (χ1) is 13.5. The van der Waals surface area contributed by atoms with Gasteiger partial charge in [-0.15, -0.1) is 22.7 Å².